The molecule has 3 aromatic rings. The molecule has 0 aliphatic carbocycles. The van der Waals surface area contributed by atoms with E-state index in [0.29, 0.717) is 6.92 Å². The van der Waals surface area contributed by atoms with Crippen molar-refractivity contribution in [3.8, 4) is 11.6 Å². The Morgan fingerprint density at radius 2 is 1.86 bits per heavy atom. The van der Waals surface area contributed by atoms with Crippen LogP contribution in [0.4, 0.5) is 32.0 Å². The molecule has 0 radical (unpaired) electrons. The van der Waals surface area contributed by atoms with E-state index in [-0.39, 0.29) is 11.4 Å². The first kappa shape index (κ1) is 25.6. The van der Waals surface area contributed by atoms with Crippen LogP contribution in [0.5, 0.6) is 5.88 Å². The lowest BCUT2D eigenvalue weighted by molar-refractivity contribution is -0.260. The molecule has 1 amide bonds. The third-order valence-corrected chi connectivity index (χ3v) is 4.56. The van der Waals surface area contributed by atoms with Gasteiger partial charge in [0.1, 0.15) is 11.3 Å². The standard InChI is InChI=1S/C20H15F6N5O4/c1-18(34,20(24,25)26)14-5-4-11(9-27-14)29-15(32)12-3-2-8-31(17(12)33)13-6-7-28-30-16(13)35-10-19(21,22)23/h2-9,34H,10H2,1H3,(H,29,32). The Bertz CT molecular complexity index is 1270. The van der Waals surface area contributed by atoms with Gasteiger partial charge in [0, 0.05) is 6.20 Å². The predicted molar refractivity (Wildman–Crippen MR) is 107 cm³/mol. The number of anilines is 1. The second kappa shape index (κ2) is 9.32. The lowest BCUT2D eigenvalue weighted by Crippen LogP contribution is -2.39. The van der Waals surface area contributed by atoms with Crippen molar-refractivity contribution in [1.82, 2.24) is 19.7 Å². The van der Waals surface area contributed by atoms with Gasteiger partial charge >= 0.3 is 12.4 Å². The number of aromatic nitrogens is 4. The summed E-state index contributed by atoms with van der Waals surface area (Å²) in [4.78, 5) is 29.0. The topological polar surface area (TPSA) is 119 Å². The first-order valence-electron chi connectivity index (χ1n) is 9.51. The van der Waals surface area contributed by atoms with Crippen LogP contribution in [0.15, 0.2) is 53.7 Å². The second-order valence-electron chi connectivity index (χ2n) is 7.18. The fraction of sp³-hybridized carbons (Fsp3) is 0.250. The van der Waals surface area contributed by atoms with Crippen LogP contribution in [0.3, 0.4) is 0 Å². The number of alkyl halides is 6. The van der Waals surface area contributed by atoms with Gasteiger partial charge < -0.3 is 15.2 Å². The summed E-state index contributed by atoms with van der Waals surface area (Å²) in [6, 6.07) is 5.41. The smallest absolute Gasteiger partial charge is 0.422 e. The quantitative estimate of drug-likeness (QED) is 0.497. The van der Waals surface area contributed by atoms with Crippen LogP contribution in [0, 0.1) is 0 Å². The molecule has 3 heterocycles. The fourth-order valence-electron chi connectivity index (χ4n) is 2.70. The highest BCUT2D eigenvalue weighted by atomic mass is 19.4. The first-order chi connectivity index (χ1) is 16.2. The van der Waals surface area contributed by atoms with Crippen LogP contribution in [-0.2, 0) is 5.60 Å². The van der Waals surface area contributed by atoms with Crippen molar-refractivity contribution in [2.45, 2.75) is 24.9 Å². The Hall–Kier alpha value is -4.01. The summed E-state index contributed by atoms with van der Waals surface area (Å²) >= 11 is 0. The minimum absolute atomic E-state index is 0.0914. The zero-order valence-electron chi connectivity index (χ0n) is 17.6. The van der Waals surface area contributed by atoms with Gasteiger partial charge in [-0.05, 0) is 37.3 Å². The number of carbonyl (C=O) groups is 1. The van der Waals surface area contributed by atoms with Gasteiger partial charge in [0.15, 0.2) is 12.2 Å². The average molecular weight is 503 g/mol. The molecule has 0 saturated heterocycles. The number of hydrogen-bond donors (Lipinski definition) is 2. The molecule has 0 saturated carbocycles. The molecule has 15 heteroatoms. The highest BCUT2D eigenvalue weighted by Gasteiger charge is 2.52. The Kier molecular flexibility index (Phi) is 6.82. The van der Waals surface area contributed by atoms with Gasteiger partial charge in [0.2, 0.25) is 0 Å². The molecule has 0 aliphatic rings. The van der Waals surface area contributed by atoms with Crippen LogP contribution in [-0.4, -0.2) is 49.7 Å². The van der Waals surface area contributed by atoms with E-state index in [2.05, 4.69) is 25.2 Å². The van der Waals surface area contributed by atoms with Crippen LogP contribution >= 0.6 is 0 Å². The van der Waals surface area contributed by atoms with Gasteiger partial charge in [-0.2, -0.15) is 31.4 Å². The zero-order valence-corrected chi connectivity index (χ0v) is 17.6. The van der Waals surface area contributed by atoms with Gasteiger partial charge in [0.25, 0.3) is 17.3 Å². The van der Waals surface area contributed by atoms with Crippen LogP contribution < -0.4 is 15.6 Å². The Morgan fingerprint density at radius 3 is 2.46 bits per heavy atom. The van der Waals surface area contributed by atoms with Gasteiger partial charge in [-0.25, -0.2) is 0 Å². The van der Waals surface area contributed by atoms with E-state index in [1.807, 2.05) is 0 Å². The normalized spacial score (nSPS) is 13.7. The molecule has 0 bridgehead atoms. The number of ether oxygens (including phenoxy) is 1. The van der Waals surface area contributed by atoms with Crippen molar-refractivity contribution in [3.05, 3.63) is 70.5 Å². The van der Waals surface area contributed by atoms with Gasteiger partial charge in [0.05, 0.1) is 23.8 Å². The van der Waals surface area contributed by atoms with Crippen molar-refractivity contribution in [3.63, 3.8) is 0 Å². The highest BCUT2D eigenvalue weighted by Crippen LogP contribution is 2.37. The van der Waals surface area contributed by atoms with E-state index >= 15 is 0 Å². The lowest BCUT2D eigenvalue weighted by Gasteiger charge is -2.25. The molecule has 35 heavy (non-hydrogen) atoms. The molecule has 2 N–H and O–H groups in total. The van der Waals surface area contributed by atoms with E-state index in [4.69, 9.17) is 0 Å². The molecule has 0 aliphatic heterocycles. The largest absolute Gasteiger partial charge is 0.465 e. The van der Waals surface area contributed by atoms with Crippen molar-refractivity contribution in [2.24, 2.45) is 0 Å². The third-order valence-electron chi connectivity index (χ3n) is 4.56. The Labute approximate surface area is 192 Å². The molecule has 0 aromatic carbocycles. The van der Waals surface area contributed by atoms with E-state index in [0.717, 1.165) is 47.4 Å². The molecule has 186 valence electrons. The Balaban J connectivity index is 1.86. The predicted octanol–water partition coefficient (Wildman–Crippen LogP) is 2.99. The van der Waals surface area contributed by atoms with Crippen molar-refractivity contribution >= 4 is 11.6 Å². The SMILES string of the molecule is CC(O)(c1ccc(NC(=O)c2cccn(-c3ccnnc3OCC(F)(F)F)c2=O)cn1)C(F)(F)F. The van der Waals surface area contributed by atoms with Crippen molar-refractivity contribution in [2.75, 3.05) is 11.9 Å². The summed E-state index contributed by atoms with van der Waals surface area (Å²) in [6.07, 6.45) is -6.57. The summed E-state index contributed by atoms with van der Waals surface area (Å²) in [5.74, 6) is -1.60. The van der Waals surface area contributed by atoms with Gasteiger partial charge in [-0.3, -0.25) is 19.1 Å². The molecule has 3 aromatic heterocycles. The van der Waals surface area contributed by atoms with E-state index in [1.165, 1.54) is 6.07 Å². The maximum Gasteiger partial charge on any atom is 0.422 e. The number of halogens is 6. The Morgan fingerprint density at radius 1 is 1.14 bits per heavy atom. The molecular weight excluding hydrogens is 488 g/mol. The maximum atomic E-state index is 12.9. The monoisotopic (exact) mass is 503 g/mol. The van der Waals surface area contributed by atoms with Crippen LogP contribution in [0.25, 0.3) is 5.69 Å². The molecule has 1 unspecified atom stereocenters. The summed E-state index contributed by atoms with van der Waals surface area (Å²) in [5, 5.41) is 18.8. The summed E-state index contributed by atoms with van der Waals surface area (Å²) in [7, 11) is 0. The maximum absolute atomic E-state index is 12.9. The number of aliphatic hydroxyl groups is 1. The van der Waals surface area contributed by atoms with Gasteiger partial charge in [-0.1, -0.05) is 0 Å². The fourth-order valence-corrected chi connectivity index (χ4v) is 2.70. The molecule has 9 nitrogen and oxygen atoms in total. The number of amides is 1. The van der Waals surface area contributed by atoms with Gasteiger partial charge in [-0.15, -0.1) is 5.10 Å². The molecule has 3 rings (SSSR count). The number of nitrogens with one attached hydrogen (secondary N) is 1. The van der Waals surface area contributed by atoms with Crippen LogP contribution in [0.2, 0.25) is 0 Å². The summed E-state index contributed by atoms with van der Waals surface area (Å²) in [6.45, 7) is -1.18. The summed E-state index contributed by atoms with van der Waals surface area (Å²) in [5.41, 5.74) is -5.68. The van der Waals surface area contributed by atoms with Crippen LogP contribution in [0.1, 0.15) is 23.0 Å². The first-order valence-corrected chi connectivity index (χ1v) is 9.51. The number of nitrogens with zero attached hydrogens (tertiary/aromatic N) is 4. The minimum atomic E-state index is -5.00. The third kappa shape index (κ3) is 5.74. The molecule has 0 spiro atoms. The highest BCUT2D eigenvalue weighted by molar-refractivity contribution is 6.03. The van der Waals surface area contributed by atoms with Crippen molar-refractivity contribution < 1.29 is 41.0 Å². The minimum Gasteiger partial charge on any atom is -0.465 e. The van der Waals surface area contributed by atoms with E-state index in [9.17, 15) is 41.0 Å². The number of carbonyl (C=O) groups excluding carboxylic acids is 1. The number of hydrogen-bond acceptors (Lipinski definition) is 7. The molecule has 1 atom stereocenters. The second-order valence-corrected chi connectivity index (χ2v) is 7.18. The van der Waals surface area contributed by atoms with E-state index < -0.39 is 53.2 Å². The number of pyridine rings is 2. The molecular formula is C20H15F6N5O4. The summed E-state index contributed by atoms with van der Waals surface area (Å²) < 4.78 is 81.8. The average Bonchev–Trinajstić information content (AvgIpc) is 2.77. The van der Waals surface area contributed by atoms with Crippen molar-refractivity contribution in [1.29, 1.82) is 0 Å². The lowest BCUT2D eigenvalue weighted by atomic mass is 10.0. The van der Waals surface area contributed by atoms with E-state index in [1.54, 1.807) is 0 Å². The number of rotatable bonds is 6. The molecule has 0 fully saturated rings. The zero-order chi connectivity index (χ0) is 26.0.